The monoisotopic (exact) mass is 449 g/mol. The van der Waals surface area contributed by atoms with Gasteiger partial charge in [-0.05, 0) is 50.5 Å². The minimum atomic E-state index is -0.293. The van der Waals surface area contributed by atoms with Gasteiger partial charge in [0.1, 0.15) is 11.5 Å². The van der Waals surface area contributed by atoms with Gasteiger partial charge in [0.05, 0.1) is 23.2 Å². The predicted molar refractivity (Wildman–Crippen MR) is 124 cm³/mol. The van der Waals surface area contributed by atoms with Gasteiger partial charge in [0.25, 0.3) is 11.8 Å². The smallest absolute Gasteiger partial charge is 0.270 e. The quantitative estimate of drug-likeness (QED) is 0.429. The lowest BCUT2D eigenvalue weighted by Gasteiger charge is -2.09. The van der Waals surface area contributed by atoms with Gasteiger partial charge in [-0.2, -0.15) is 0 Å². The number of rotatable bonds is 8. The first-order valence-corrected chi connectivity index (χ1v) is 10.9. The van der Waals surface area contributed by atoms with E-state index in [-0.39, 0.29) is 18.4 Å². The molecule has 9 heteroatoms. The number of likely N-dealkylation sites (N-methyl/N-ethyl adjacent to an activating group) is 1. The normalized spacial score (nSPS) is 11.1. The van der Waals surface area contributed by atoms with Crippen LogP contribution in [0, 0.1) is 0 Å². The first kappa shape index (κ1) is 21.7. The summed E-state index contributed by atoms with van der Waals surface area (Å²) in [6.45, 7) is 1.63. The highest BCUT2D eigenvalue weighted by Gasteiger charge is 2.15. The molecule has 4 aromatic heterocycles. The van der Waals surface area contributed by atoms with Crippen LogP contribution in [-0.2, 0) is 6.54 Å². The number of hydrogen-bond donors (Lipinski definition) is 2. The number of nitrogens with zero attached hydrogens (tertiary/aromatic N) is 3. The van der Waals surface area contributed by atoms with Gasteiger partial charge in [-0.25, -0.2) is 4.98 Å². The van der Waals surface area contributed by atoms with Gasteiger partial charge in [0.15, 0.2) is 0 Å². The number of amides is 2. The summed E-state index contributed by atoms with van der Waals surface area (Å²) in [5.41, 5.74) is 1.74. The SMILES string of the molecule is CN(C)CCNC(=O)c1ccc(-c2cncc3ccc(C(=O)NCc4ccco4)nc23)s1. The molecule has 2 N–H and O–H groups in total. The van der Waals surface area contributed by atoms with Crippen LogP contribution in [0.1, 0.15) is 25.9 Å². The van der Waals surface area contributed by atoms with Crippen molar-refractivity contribution in [1.29, 1.82) is 0 Å². The van der Waals surface area contributed by atoms with E-state index in [2.05, 4.69) is 20.6 Å². The van der Waals surface area contributed by atoms with Crippen LogP contribution in [0.3, 0.4) is 0 Å². The van der Waals surface area contributed by atoms with E-state index in [4.69, 9.17) is 4.42 Å². The molecule has 4 aromatic rings. The van der Waals surface area contributed by atoms with Crippen LogP contribution in [0.15, 0.2) is 59.5 Å². The van der Waals surface area contributed by atoms with Crippen LogP contribution in [0.25, 0.3) is 21.3 Å². The van der Waals surface area contributed by atoms with E-state index in [0.717, 1.165) is 22.4 Å². The zero-order chi connectivity index (χ0) is 22.5. The third kappa shape index (κ3) is 5.01. The third-order valence-electron chi connectivity index (χ3n) is 4.77. The summed E-state index contributed by atoms with van der Waals surface area (Å²) >= 11 is 1.37. The molecule has 8 nitrogen and oxygen atoms in total. The van der Waals surface area contributed by atoms with E-state index in [1.165, 1.54) is 11.3 Å². The molecule has 164 valence electrons. The van der Waals surface area contributed by atoms with Crippen LogP contribution in [-0.4, -0.2) is 53.9 Å². The molecular formula is C23H23N5O3S. The van der Waals surface area contributed by atoms with Crippen LogP contribution in [0.5, 0.6) is 0 Å². The Morgan fingerprint density at radius 1 is 1.06 bits per heavy atom. The van der Waals surface area contributed by atoms with E-state index in [0.29, 0.717) is 28.4 Å². The third-order valence-corrected chi connectivity index (χ3v) is 5.89. The summed E-state index contributed by atoms with van der Waals surface area (Å²) in [5, 5.41) is 6.54. The number of fused-ring (bicyclic) bond motifs is 1. The van der Waals surface area contributed by atoms with Gasteiger partial charge in [-0.3, -0.25) is 14.6 Å². The molecule has 32 heavy (non-hydrogen) atoms. The number of aromatic nitrogens is 2. The maximum atomic E-state index is 12.6. The summed E-state index contributed by atoms with van der Waals surface area (Å²) in [5.74, 6) is 0.263. The first-order chi connectivity index (χ1) is 15.5. The second kappa shape index (κ2) is 9.71. The van der Waals surface area contributed by atoms with Crippen molar-refractivity contribution in [1.82, 2.24) is 25.5 Å². The Morgan fingerprint density at radius 3 is 2.72 bits per heavy atom. The fraction of sp³-hybridized carbons (Fsp3) is 0.217. The fourth-order valence-corrected chi connectivity index (χ4v) is 4.04. The number of carbonyl (C=O) groups is 2. The van der Waals surface area contributed by atoms with Crippen LogP contribution in [0.2, 0.25) is 0 Å². The molecular weight excluding hydrogens is 426 g/mol. The average molecular weight is 450 g/mol. The molecule has 0 radical (unpaired) electrons. The Bertz CT molecular complexity index is 1230. The van der Waals surface area contributed by atoms with E-state index < -0.39 is 0 Å². The first-order valence-electron chi connectivity index (χ1n) is 10.1. The van der Waals surface area contributed by atoms with Crippen LogP contribution >= 0.6 is 11.3 Å². The molecule has 2 amide bonds. The summed E-state index contributed by atoms with van der Waals surface area (Å²) in [6, 6.07) is 10.7. The second-order valence-electron chi connectivity index (χ2n) is 7.44. The van der Waals surface area contributed by atoms with Crippen molar-refractivity contribution < 1.29 is 14.0 Å². The Labute approximate surface area is 189 Å². The highest BCUT2D eigenvalue weighted by molar-refractivity contribution is 7.17. The van der Waals surface area contributed by atoms with Crippen LogP contribution in [0.4, 0.5) is 0 Å². The maximum absolute atomic E-state index is 12.6. The maximum Gasteiger partial charge on any atom is 0.270 e. The zero-order valence-electron chi connectivity index (χ0n) is 17.8. The molecule has 0 aliphatic heterocycles. The number of hydrogen-bond acceptors (Lipinski definition) is 7. The molecule has 4 heterocycles. The number of furan rings is 1. The number of nitrogens with one attached hydrogen (secondary N) is 2. The van der Waals surface area contributed by atoms with Crippen molar-refractivity contribution in [2.75, 3.05) is 27.2 Å². The lowest BCUT2D eigenvalue weighted by atomic mass is 10.1. The summed E-state index contributed by atoms with van der Waals surface area (Å²) in [4.78, 5) is 37.4. The topological polar surface area (TPSA) is 100 Å². The zero-order valence-corrected chi connectivity index (χ0v) is 18.6. The lowest BCUT2D eigenvalue weighted by molar-refractivity contribution is 0.0939. The van der Waals surface area contributed by atoms with E-state index >= 15 is 0 Å². The molecule has 0 bridgehead atoms. The van der Waals surface area contributed by atoms with Gasteiger partial charge in [-0.15, -0.1) is 11.3 Å². The Kier molecular flexibility index (Phi) is 6.58. The number of thiophene rings is 1. The fourth-order valence-electron chi connectivity index (χ4n) is 3.11. The Morgan fingerprint density at radius 2 is 1.94 bits per heavy atom. The van der Waals surface area contributed by atoms with Crippen molar-refractivity contribution in [2.45, 2.75) is 6.54 Å². The van der Waals surface area contributed by atoms with Gasteiger partial charge < -0.3 is 20.0 Å². The summed E-state index contributed by atoms with van der Waals surface area (Å²) < 4.78 is 5.25. The Hall–Kier alpha value is -3.56. The molecule has 0 saturated heterocycles. The summed E-state index contributed by atoms with van der Waals surface area (Å²) in [7, 11) is 3.92. The highest BCUT2D eigenvalue weighted by atomic mass is 32.1. The minimum absolute atomic E-state index is 0.109. The van der Waals surface area contributed by atoms with E-state index in [1.54, 1.807) is 42.9 Å². The molecule has 0 aliphatic carbocycles. The van der Waals surface area contributed by atoms with Crippen molar-refractivity contribution in [2.24, 2.45) is 0 Å². The van der Waals surface area contributed by atoms with E-state index in [1.807, 2.05) is 31.1 Å². The molecule has 0 aromatic carbocycles. The van der Waals surface area contributed by atoms with Gasteiger partial charge in [0, 0.05) is 41.3 Å². The molecule has 0 spiro atoms. The minimum Gasteiger partial charge on any atom is -0.467 e. The van der Waals surface area contributed by atoms with Crippen LogP contribution < -0.4 is 10.6 Å². The van der Waals surface area contributed by atoms with Crippen molar-refractivity contribution in [3.8, 4) is 10.4 Å². The molecule has 4 rings (SSSR count). The lowest BCUT2D eigenvalue weighted by Crippen LogP contribution is -2.30. The predicted octanol–water partition coefficient (Wildman–Crippen LogP) is 3.17. The van der Waals surface area contributed by atoms with Crippen molar-refractivity contribution in [3.05, 3.63) is 71.4 Å². The van der Waals surface area contributed by atoms with E-state index in [9.17, 15) is 9.59 Å². The van der Waals surface area contributed by atoms with Gasteiger partial charge in [-0.1, -0.05) is 0 Å². The molecule has 0 unspecified atom stereocenters. The molecule has 0 saturated carbocycles. The van der Waals surface area contributed by atoms with Crippen molar-refractivity contribution in [3.63, 3.8) is 0 Å². The van der Waals surface area contributed by atoms with Crippen molar-refractivity contribution >= 4 is 34.1 Å². The number of pyridine rings is 2. The van der Waals surface area contributed by atoms with Gasteiger partial charge >= 0.3 is 0 Å². The highest BCUT2D eigenvalue weighted by Crippen LogP contribution is 2.32. The average Bonchev–Trinajstić information content (AvgIpc) is 3.48. The second-order valence-corrected chi connectivity index (χ2v) is 8.52. The standard InChI is InChI=1S/C23H23N5O3S/c1-28(2)10-9-25-23(30)20-8-7-19(32-20)17-14-24-12-15-5-6-18(27-21(15)17)22(29)26-13-16-4-3-11-31-16/h3-8,11-12,14H,9-10,13H2,1-2H3,(H,25,30)(H,26,29). The Balaban J connectivity index is 1.55. The number of carbonyl (C=O) groups excluding carboxylic acids is 2. The summed E-state index contributed by atoms with van der Waals surface area (Å²) in [6.07, 6.45) is 4.98. The molecule has 0 atom stereocenters. The molecule has 0 fully saturated rings. The van der Waals surface area contributed by atoms with Gasteiger partial charge in [0.2, 0.25) is 0 Å². The molecule has 0 aliphatic rings. The largest absolute Gasteiger partial charge is 0.467 e.